The first-order valence-corrected chi connectivity index (χ1v) is 8.18. The smallest absolute Gasteiger partial charge is 0.280 e. The second-order valence-electron chi connectivity index (χ2n) is 5.83. The third kappa shape index (κ3) is 2.44. The Morgan fingerprint density at radius 1 is 0.808 bits per heavy atom. The number of fused-ring (bicyclic) bond motifs is 1. The van der Waals surface area contributed by atoms with E-state index in [2.05, 4.69) is 32.6 Å². The fourth-order valence-corrected chi connectivity index (χ4v) is 2.93. The Morgan fingerprint density at radius 3 is 2.54 bits per heavy atom. The van der Waals surface area contributed by atoms with E-state index in [4.69, 9.17) is 4.52 Å². The maximum Gasteiger partial charge on any atom is 0.280 e. The second-order valence-corrected chi connectivity index (χ2v) is 5.83. The first-order chi connectivity index (χ1) is 12.9. The zero-order chi connectivity index (χ0) is 17.3. The van der Waals surface area contributed by atoms with Gasteiger partial charge in [0.05, 0.1) is 11.9 Å². The molecule has 6 heteroatoms. The summed E-state index contributed by atoms with van der Waals surface area (Å²) < 4.78 is 7.10. The quantitative estimate of drug-likeness (QED) is 0.494. The molecule has 2 aromatic heterocycles. The van der Waals surface area contributed by atoms with Crippen LogP contribution in [0.2, 0.25) is 0 Å². The topological polar surface area (TPSA) is 69.6 Å². The highest BCUT2D eigenvalue weighted by Crippen LogP contribution is 2.28. The maximum absolute atomic E-state index is 5.43. The summed E-state index contributed by atoms with van der Waals surface area (Å²) in [6.45, 7) is 0. The minimum Gasteiger partial charge on any atom is -0.332 e. The van der Waals surface area contributed by atoms with Crippen LogP contribution in [0.3, 0.4) is 0 Å². The van der Waals surface area contributed by atoms with Gasteiger partial charge in [-0.25, -0.2) is 4.68 Å². The molecule has 0 N–H and O–H groups in total. The van der Waals surface area contributed by atoms with Crippen molar-refractivity contribution in [3.05, 3.63) is 79.0 Å². The molecular weight excluding hydrogens is 326 g/mol. The Bertz CT molecular complexity index is 1190. The Kier molecular flexibility index (Phi) is 3.31. The first-order valence-electron chi connectivity index (χ1n) is 8.18. The zero-order valence-corrected chi connectivity index (χ0v) is 13.6. The molecule has 0 aliphatic heterocycles. The Labute approximate surface area is 148 Å². The number of rotatable bonds is 3. The molecule has 0 spiro atoms. The van der Waals surface area contributed by atoms with Crippen molar-refractivity contribution >= 4 is 10.8 Å². The highest BCUT2D eigenvalue weighted by atomic mass is 16.5. The molecule has 0 amide bonds. The fourth-order valence-electron chi connectivity index (χ4n) is 2.93. The largest absolute Gasteiger partial charge is 0.332 e. The Balaban J connectivity index is 1.54. The van der Waals surface area contributed by atoms with Crippen LogP contribution in [-0.4, -0.2) is 25.1 Å². The number of benzene rings is 3. The van der Waals surface area contributed by atoms with Crippen molar-refractivity contribution in [3.63, 3.8) is 0 Å². The van der Waals surface area contributed by atoms with E-state index >= 15 is 0 Å². The van der Waals surface area contributed by atoms with Crippen molar-refractivity contribution in [2.45, 2.75) is 0 Å². The summed E-state index contributed by atoms with van der Waals surface area (Å²) in [6, 6.07) is 23.9. The molecule has 0 unspecified atom stereocenters. The number of nitrogens with zero attached hydrogens (tertiary/aromatic N) is 5. The number of hydrogen-bond acceptors (Lipinski definition) is 5. The maximum atomic E-state index is 5.43. The van der Waals surface area contributed by atoms with E-state index < -0.39 is 0 Å². The van der Waals surface area contributed by atoms with Crippen molar-refractivity contribution in [3.8, 4) is 28.7 Å². The molecule has 0 saturated heterocycles. The van der Waals surface area contributed by atoms with Gasteiger partial charge in [0.1, 0.15) is 0 Å². The monoisotopic (exact) mass is 339 g/mol. The van der Waals surface area contributed by atoms with Gasteiger partial charge in [-0.1, -0.05) is 71.0 Å². The lowest BCUT2D eigenvalue weighted by Gasteiger charge is -2.01. The van der Waals surface area contributed by atoms with E-state index in [9.17, 15) is 0 Å². The van der Waals surface area contributed by atoms with Crippen LogP contribution in [-0.2, 0) is 0 Å². The Morgan fingerprint density at radius 2 is 1.62 bits per heavy atom. The molecule has 3 aromatic carbocycles. The molecule has 2 heterocycles. The highest BCUT2D eigenvalue weighted by molar-refractivity contribution is 5.95. The van der Waals surface area contributed by atoms with Crippen LogP contribution >= 0.6 is 0 Å². The molecule has 0 aliphatic carbocycles. The third-order valence-electron chi connectivity index (χ3n) is 4.19. The number of para-hydroxylation sites is 1. The number of hydrogen-bond donors (Lipinski definition) is 0. The van der Waals surface area contributed by atoms with Gasteiger partial charge >= 0.3 is 0 Å². The van der Waals surface area contributed by atoms with Crippen LogP contribution in [0.25, 0.3) is 39.4 Å². The molecule has 0 bridgehead atoms. The van der Waals surface area contributed by atoms with Crippen molar-refractivity contribution in [2.75, 3.05) is 0 Å². The molecule has 0 aliphatic rings. The summed E-state index contributed by atoms with van der Waals surface area (Å²) in [7, 11) is 0. The predicted octanol–water partition coefficient (Wildman–Crippen LogP) is 4.14. The van der Waals surface area contributed by atoms with Gasteiger partial charge in [0.2, 0.25) is 5.82 Å². The van der Waals surface area contributed by atoms with Crippen molar-refractivity contribution in [1.29, 1.82) is 0 Å². The third-order valence-corrected chi connectivity index (χ3v) is 4.19. The van der Waals surface area contributed by atoms with E-state index in [1.807, 2.05) is 60.7 Å². The average Bonchev–Trinajstić information content (AvgIpc) is 3.38. The molecule has 0 radical (unpaired) electrons. The van der Waals surface area contributed by atoms with Gasteiger partial charge in [-0.3, -0.25) is 0 Å². The van der Waals surface area contributed by atoms with Crippen LogP contribution < -0.4 is 0 Å². The molecule has 26 heavy (non-hydrogen) atoms. The van der Waals surface area contributed by atoms with E-state index in [1.165, 1.54) is 0 Å². The van der Waals surface area contributed by atoms with Gasteiger partial charge in [-0.15, -0.1) is 5.10 Å². The highest BCUT2D eigenvalue weighted by Gasteiger charge is 2.15. The second kappa shape index (κ2) is 5.93. The van der Waals surface area contributed by atoms with Crippen LogP contribution in [0.5, 0.6) is 0 Å². The molecule has 5 aromatic rings. The fraction of sp³-hybridized carbons (Fsp3) is 0. The lowest BCUT2D eigenvalue weighted by Crippen LogP contribution is -1.93. The zero-order valence-electron chi connectivity index (χ0n) is 13.6. The molecule has 6 nitrogen and oxygen atoms in total. The summed E-state index contributed by atoms with van der Waals surface area (Å²) in [5.74, 6) is 0.876. The van der Waals surface area contributed by atoms with Crippen molar-refractivity contribution < 1.29 is 4.52 Å². The lowest BCUT2D eigenvalue weighted by atomic mass is 10.0. The molecule has 0 atom stereocenters. The normalized spacial score (nSPS) is 11.1. The number of aromatic nitrogens is 5. The predicted molar refractivity (Wildman–Crippen MR) is 97.6 cm³/mol. The van der Waals surface area contributed by atoms with E-state index in [1.54, 1.807) is 10.9 Å². The van der Waals surface area contributed by atoms with Gasteiger partial charge in [0, 0.05) is 5.56 Å². The first kappa shape index (κ1) is 14.5. The van der Waals surface area contributed by atoms with Crippen LogP contribution in [0.1, 0.15) is 0 Å². The minimum absolute atomic E-state index is 0.343. The van der Waals surface area contributed by atoms with Crippen LogP contribution in [0.15, 0.2) is 83.5 Å². The lowest BCUT2D eigenvalue weighted by molar-refractivity contribution is 0.431. The van der Waals surface area contributed by atoms with Gasteiger partial charge < -0.3 is 4.52 Å². The molecular formula is C20H13N5O. The summed E-state index contributed by atoms with van der Waals surface area (Å²) in [4.78, 5) is 4.51. The average molecular weight is 339 g/mol. The SMILES string of the molecule is c1ccc(-n2cc(-c3nc(-c4cccc5ccccc45)no3)nn2)cc1. The van der Waals surface area contributed by atoms with Gasteiger partial charge in [0.25, 0.3) is 5.89 Å². The molecule has 124 valence electrons. The molecule has 5 rings (SSSR count). The van der Waals surface area contributed by atoms with Gasteiger partial charge in [-0.05, 0) is 22.9 Å². The van der Waals surface area contributed by atoms with Gasteiger partial charge in [0.15, 0.2) is 5.69 Å². The Hall–Kier alpha value is -3.80. The molecule has 0 fully saturated rings. The standard InChI is InChI=1S/C20H13N5O/c1-2-9-15(10-3-1)25-13-18(22-24-25)20-21-19(23-26-20)17-12-6-8-14-7-4-5-11-16(14)17/h1-13H. The van der Waals surface area contributed by atoms with Crippen LogP contribution in [0, 0.1) is 0 Å². The summed E-state index contributed by atoms with van der Waals surface area (Å²) >= 11 is 0. The molecule has 0 saturated carbocycles. The summed E-state index contributed by atoms with van der Waals surface area (Å²) in [5, 5.41) is 14.6. The summed E-state index contributed by atoms with van der Waals surface area (Å²) in [6.07, 6.45) is 1.77. The van der Waals surface area contributed by atoms with Gasteiger partial charge in [-0.2, -0.15) is 4.98 Å². The van der Waals surface area contributed by atoms with E-state index in [0.717, 1.165) is 22.0 Å². The van der Waals surface area contributed by atoms with Crippen molar-refractivity contribution in [1.82, 2.24) is 25.1 Å². The van der Waals surface area contributed by atoms with E-state index in [-0.39, 0.29) is 0 Å². The summed E-state index contributed by atoms with van der Waals surface area (Å²) in [5.41, 5.74) is 2.38. The van der Waals surface area contributed by atoms with E-state index in [0.29, 0.717) is 17.4 Å². The van der Waals surface area contributed by atoms with Crippen molar-refractivity contribution in [2.24, 2.45) is 0 Å². The minimum atomic E-state index is 0.343. The van der Waals surface area contributed by atoms with Crippen LogP contribution in [0.4, 0.5) is 0 Å².